The number of benzene rings is 3. The highest BCUT2D eigenvalue weighted by molar-refractivity contribution is 6.24. The lowest BCUT2D eigenvalue weighted by molar-refractivity contribution is -0.158. The minimum Gasteiger partial charge on any atom is -0.497 e. The number of carbonyl (C=O) groups excluding carboxylic acids is 3. The summed E-state index contributed by atoms with van der Waals surface area (Å²) in [4.78, 5) is 38.5. The summed E-state index contributed by atoms with van der Waals surface area (Å²) in [5.74, 6) is -0.155. The Balaban J connectivity index is 1.81. The molecule has 0 saturated heterocycles. The van der Waals surface area contributed by atoms with Crippen molar-refractivity contribution in [3.05, 3.63) is 83.4 Å². The Hall–Kier alpha value is -4.79. The predicted octanol–water partition coefficient (Wildman–Crippen LogP) is 4.63. The minimum atomic E-state index is -1.04. The molecule has 3 aromatic carbocycles. The van der Waals surface area contributed by atoms with Crippen molar-refractivity contribution in [1.82, 2.24) is 4.90 Å². The Morgan fingerprint density at radius 3 is 1.68 bits per heavy atom. The van der Waals surface area contributed by atoms with Gasteiger partial charge in [-0.15, -0.1) is 0 Å². The molecule has 1 amide bonds. The molecule has 0 spiro atoms. The van der Waals surface area contributed by atoms with Crippen LogP contribution in [0.15, 0.2) is 66.7 Å². The van der Waals surface area contributed by atoms with Crippen LogP contribution in [0, 0.1) is 5.92 Å². The summed E-state index contributed by atoms with van der Waals surface area (Å²) in [5, 5.41) is 0. The average molecular weight is 548 g/mol. The second-order valence-electron chi connectivity index (χ2n) is 8.98. The van der Waals surface area contributed by atoms with E-state index in [4.69, 9.17) is 23.7 Å². The Bertz CT molecular complexity index is 1320. The van der Waals surface area contributed by atoms with Crippen molar-refractivity contribution < 1.29 is 38.1 Å². The number of amides is 1. The van der Waals surface area contributed by atoms with Crippen LogP contribution >= 0.6 is 0 Å². The molecular weight excluding hydrogens is 514 g/mol. The lowest BCUT2D eigenvalue weighted by atomic mass is 9.99. The first-order valence-corrected chi connectivity index (χ1v) is 12.4. The number of rotatable bonds is 11. The van der Waals surface area contributed by atoms with Crippen LogP contribution in [-0.4, -0.2) is 65.3 Å². The molecule has 0 aliphatic carbocycles. The highest BCUT2D eigenvalue weighted by atomic mass is 16.5. The third-order valence-corrected chi connectivity index (χ3v) is 6.06. The maximum Gasteiger partial charge on any atom is 0.320 e. The van der Waals surface area contributed by atoms with Gasteiger partial charge in [0.05, 0.1) is 28.4 Å². The van der Waals surface area contributed by atoms with E-state index in [1.54, 1.807) is 76.9 Å². The Morgan fingerprint density at radius 2 is 1.23 bits per heavy atom. The van der Waals surface area contributed by atoms with Gasteiger partial charge in [0.25, 0.3) is 5.91 Å². The molecule has 0 heterocycles. The molecule has 0 atom stereocenters. The van der Waals surface area contributed by atoms with Crippen LogP contribution in [0.4, 0.5) is 0 Å². The highest BCUT2D eigenvalue weighted by Gasteiger charge is 2.28. The number of esters is 2. The number of carbonyl (C=O) groups is 3. The highest BCUT2D eigenvalue weighted by Crippen LogP contribution is 2.29. The molecule has 0 saturated carbocycles. The molecule has 9 nitrogen and oxygen atoms in total. The van der Waals surface area contributed by atoms with Crippen molar-refractivity contribution in [1.29, 1.82) is 0 Å². The van der Waals surface area contributed by atoms with E-state index in [0.29, 0.717) is 34.1 Å². The van der Waals surface area contributed by atoms with Crippen molar-refractivity contribution >= 4 is 29.5 Å². The largest absolute Gasteiger partial charge is 0.497 e. The second kappa shape index (κ2) is 13.8. The van der Waals surface area contributed by atoms with E-state index in [1.165, 1.54) is 19.1 Å². The summed E-state index contributed by atoms with van der Waals surface area (Å²) in [7, 11) is 8.99. The van der Waals surface area contributed by atoms with Gasteiger partial charge in [-0.1, -0.05) is 24.3 Å². The normalized spacial score (nSPS) is 11.0. The van der Waals surface area contributed by atoms with Crippen LogP contribution in [-0.2, 0) is 30.3 Å². The summed E-state index contributed by atoms with van der Waals surface area (Å²) < 4.78 is 26.1. The van der Waals surface area contributed by atoms with Crippen molar-refractivity contribution in [2.75, 3.05) is 42.5 Å². The van der Waals surface area contributed by atoms with Crippen LogP contribution in [0.5, 0.6) is 23.0 Å². The molecule has 3 rings (SSSR count). The smallest absolute Gasteiger partial charge is 0.320 e. The minimum absolute atomic E-state index is 0.141. The molecule has 210 valence electrons. The molecule has 0 fully saturated rings. The third kappa shape index (κ3) is 7.63. The van der Waals surface area contributed by atoms with Gasteiger partial charge in [-0.25, -0.2) is 0 Å². The van der Waals surface area contributed by atoms with Crippen molar-refractivity contribution in [3.63, 3.8) is 0 Å². The van der Waals surface area contributed by atoms with Crippen LogP contribution < -0.4 is 14.2 Å². The van der Waals surface area contributed by atoms with Gasteiger partial charge >= 0.3 is 11.9 Å². The van der Waals surface area contributed by atoms with Gasteiger partial charge in [-0.05, 0) is 65.6 Å². The van der Waals surface area contributed by atoms with Crippen molar-refractivity contribution in [2.45, 2.75) is 6.42 Å². The zero-order chi connectivity index (χ0) is 29.2. The first-order valence-electron chi connectivity index (χ1n) is 12.4. The summed E-state index contributed by atoms with van der Waals surface area (Å²) >= 11 is 0. The lowest BCUT2D eigenvalue weighted by Gasteiger charge is -2.15. The molecule has 0 aliphatic rings. The van der Waals surface area contributed by atoms with Crippen LogP contribution in [0.25, 0.3) is 11.6 Å². The fraction of sp³-hybridized carbons (Fsp3) is 0.258. The van der Waals surface area contributed by atoms with Gasteiger partial charge in [0.2, 0.25) is 0 Å². The van der Waals surface area contributed by atoms with E-state index in [9.17, 15) is 14.4 Å². The van der Waals surface area contributed by atoms with Crippen LogP contribution in [0.1, 0.15) is 16.7 Å². The molecule has 9 heteroatoms. The first-order chi connectivity index (χ1) is 19.2. The van der Waals surface area contributed by atoms with E-state index in [1.807, 2.05) is 24.3 Å². The molecule has 40 heavy (non-hydrogen) atoms. The van der Waals surface area contributed by atoms with Gasteiger partial charge in [0.15, 0.2) is 5.92 Å². The van der Waals surface area contributed by atoms with Crippen molar-refractivity contribution in [3.8, 4) is 23.0 Å². The fourth-order valence-electron chi connectivity index (χ4n) is 3.90. The number of hydrogen-bond donors (Lipinski definition) is 0. The van der Waals surface area contributed by atoms with Gasteiger partial charge < -0.3 is 28.6 Å². The van der Waals surface area contributed by atoms with E-state index in [2.05, 4.69) is 0 Å². The van der Waals surface area contributed by atoms with E-state index < -0.39 is 17.9 Å². The standard InChI is InChI=1S/C31H33NO8/c1-32(2)29(33)27(18-21-15-25(36-3)19-26(16-21)37-4)22-9-13-24(14-10-22)40-23-11-7-20(8-12-23)17-28(30(34)38-5)31(35)39-6/h7-16,18-19,28H,17H2,1-6H3. The zero-order valence-electron chi connectivity index (χ0n) is 23.4. The predicted molar refractivity (Wildman–Crippen MR) is 150 cm³/mol. The first kappa shape index (κ1) is 29.8. The number of nitrogens with zero attached hydrogens (tertiary/aromatic N) is 1. The molecular formula is C31H33NO8. The van der Waals surface area contributed by atoms with E-state index in [0.717, 1.165) is 11.1 Å². The maximum absolute atomic E-state index is 13.1. The van der Waals surface area contributed by atoms with Gasteiger partial charge in [0.1, 0.15) is 23.0 Å². The molecule has 0 radical (unpaired) electrons. The average Bonchev–Trinajstić information content (AvgIpc) is 2.98. The van der Waals surface area contributed by atoms with Crippen LogP contribution in [0.3, 0.4) is 0 Å². The molecule has 0 bridgehead atoms. The number of ether oxygens (including phenoxy) is 5. The number of methoxy groups -OCH3 is 4. The topological polar surface area (TPSA) is 101 Å². The summed E-state index contributed by atoms with van der Waals surface area (Å²) in [6.07, 6.45) is 1.93. The monoisotopic (exact) mass is 547 g/mol. The molecule has 0 N–H and O–H groups in total. The summed E-state index contributed by atoms with van der Waals surface area (Å²) in [6.45, 7) is 0. The SMILES string of the molecule is COC(=O)C(Cc1ccc(Oc2ccc(C(=Cc3cc(OC)cc(OC)c3)C(=O)N(C)C)cc2)cc1)C(=O)OC. The van der Waals surface area contributed by atoms with Gasteiger partial charge in [0, 0.05) is 25.7 Å². The summed E-state index contributed by atoms with van der Waals surface area (Å²) in [5.41, 5.74) is 2.69. The Kier molecular flexibility index (Phi) is 10.3. The quantitative estimate of drug-likeness (QED) is 0.148. The third-order valence-electron chi connectivity index (χ3n) is 6.06. The van der Waals surface area contributed by atoms with E-state index in [-0.39, 0.29) is 12.3 Å². The number of hydrogen-bond acceptors (Lipinski definition) is 8. The molecule has 3 aromatic rings. The van der Waals surface area contributed by atoms with Gasteiger partial charge in [-0.2, -0.15) is 0 Å². The Morgan fingerprint density at radius 1 is 0.725 bits per heavy atom. The van der Waals surface area contributed by atoms with E-state index >= 15 is 0 Å². The molecule has 0 aromatic heterocycles. The maximum atomic E-state index is 13.1. The lowest BCUT2D eigenvalue weighted by Crippen LogP contribution is -2.28. The Labute approximate surface area is 233 Å². The zero-order valence-corrected chi connectivity index (χ0v) is 23.4. The summed E-state index contributed by atoms with van der Waals surface area (Å²) in [6, 6.07) is 19.6. The number of likely N-dealkylation sites (N-methyl/N-ethyl adjacent to an activating group) is 1. The van der Waals surface area contributed by atoms with Crippen LogP contribution in [0.2, 0.25) is 0 Å². The molecule has 0 unspecified atom stereocenters. The fourth-order valence-corrected chi connectivity index (χ4v) is 3.90. The molecule has 0 aliphatic heterocycles. The second-order valence-corrected chi connectivity index (χ2v) is 8.98. The van der Waals surface area contributed by atoms with Gasteiger partial charge in [-0.3, -0.25) is 14.4 Å². The van der Waals surface area contributed by atoms with Crippen molar-refractivity contribution in [2.24, 2.45) is 5.92 Å².